The Bertz CT molecular complexity index is 455. The quantitative estimate of drug-likeness (QED) is 0.674. The second-order valence-electron chi connectivity index (χ2n) is 3.19. The summed E-state index contributed by atoms with van der Waals surface area (Å²) in [5.74, 6) is 0.385. The number of hydrogen-bond donors (Lipinski definition) is 0. The molecule has 14 heavy (non-hydrogen) atoms. The fourth-order valence-corrected chi connectivity index (χ4v) is 1.46. The van der Waals surface area contributed by atoms with Crippen molar-refractivity contribution in [1.82, 2.24) is 0 Å². The predicted molar refractivity (Wildman–Crippen MR) is 54.3 cm³/mol. The van der Waals surface area contributed by atoms with Crippen molar-refractivity contribution >= 4 is 6.29 Å². The molecule has 0 radical (unpaired) electrons. The molecule has 0 aliphatic rings. The highest BCUT2D eigenvalue weighted by Crippen LogP contribution is 2.24. The van der Waals surface area contributed by atoms with Crippen LogP contribution in [0.2, 0.25) is 0 Å². The molecule has 70 valence electrons. The molecule has 1 aromatic carbocycles. The maximum absolute atomic E-state index is 10.7. The third-order valence-electron chi connectivity index (χ3n) is 2.13. The van der Waals surface area contributed by atoms with Crippen molar-refractivity contribution in [2.45, 2.75) is 6.92 Å². The monoisotopic (exact) mass is 186 g/mol. The van der Waals surface area contributed by atoms with Gasteiger partial charge in [0, 0.05) is 5.56 Å². The maximum atomic E-state index is 10.7. The molecule has 2 aromatic rings. The number of rotatable bonds is 2. The molecule has 1 heterocycles. The highest BCUT2D eigenvalue weighted by molar-refractivity contribution is 5.84. The fraction of sp³-hybridized carbons (Fsp3) is 0.0833. The van der Waals surface area contributed by atoms with Crippen molar-refractivity contribution in [3.8, 4) is 11.1 Å². The van der Waals surface area contributed by atoms with Crippen LogP contribution in [-0.2, 0) is 0 Å². The Balaban J connectivity index is 2.54. The standard InChI is InChI=1S/C12H10O2/c1-9-3-2-4-10(7-9)11-5-6-14-12(11)8-13/h2-8H,1H3. The molecule has 0 unspecified atom stereocenters. The van der Waals surface area contributed by atoms with Gasteiger partial charge in [-0.3, -0.25) is 4.79 Å². The number of aldehydes is 1. The van der Waals surface area contributed by atoms with Gasteiger partial charge >= 0.3 is 0 Å². The second kappa shape index (κ2) is 3.50. The molecule has 0 spiro atoms. The third-order valence-corrected chi connectivity index (χ3v) is 2.13. The smallest absolute Gasteiger partial charge is 0.185 e. The molecule has 0 saturated heterocycles. The largest absolute Gasteiger partial charge is 0.461 e. The van der Waals surface area contributed by atoms with Gasteiger partial charge in [0.2, 0.25) is 0 Å². The zero-order valence-electron chi connectivity index (χ0n) is 7.86. The fourth-order valence-electron chi connectivity index (χ4n) is 1.46. The first-order valence-electron chi connectivity index (χ1n) is 4.41. The summed E-state index contributed by atoms with van der Waals surface area (Å²) in [4.78, 5) is 10.7. The Morgan fingerprint density at radius 1 is 1.29 bits per heavy atom. The van der Waals surface area contributed by atoms with Crippen molar-refractivity contribution in [2.24, 2.45) is 0 Å². The van der Waals surface area contributed by atoms with E-state index in [1.165, 1.54) is 11.8 Å². The first-order chi connectivity index (χ1) is 6.81. The average Bonchev–Trinajstić information content (AvgIpc) is 2.65. The van der Waals surface area contributed by atoms with E-state index in [0.717, 1.165) is 17.4 Å². The van der Waals surface area contributed by atoms with Gasteiger partial charge in [0.05, 0.1) is 6.26 Å². The molecular formula is C12H10O2. The number of carbonyl (C=O) groups is 1. The van der Waals surface area contributed by atoms with Crippen LogP contribution in [0, 0.1) is 6.92 Å². The van der Waals surface area contributed by atoms with Crippen LogP contribution in [0.25, 0.3) is 11.1 Å². The normalized spacial score (nSPS) is 10.1. The zero-order chi connectivity index (χ0) is 9.97. The lowest BCUT2D eigenvalue weighted by atomic mass is 10.0. The molecule has 0 atom stereocenters. The molecule has 0 bridgehead atoms. The molecule has 0 aliphatic heterocycles. The zero-order valence-corrected chi connectivity index (χ0v) is 7.86. The Morgan fingerprint density at radius 2 is 2.14 bits per heavy atom. The molecule has 0 fully saturated rings. The summed E-state index contributed by atoms with van der Waals surface area (Å²) in [7, 11) is 0. The van der Waals surface area contributed by atoms with Crippen molar-refractivity contribution < 1.29 is 9.21 Å². The van der Waals surface area contributed by atoms with Gasteiger partial charge in [-0.05, 0) is 18.6 Å². The van der Waals surface area contributed by atoms with Crippen LogP contribution in [0.3, 0.4) is 0 Å². The van der Waals surface area contributed by atoms with E-state index in [1.54, 1.807) is 6.07 Å². The van der Waals surface area contributed by atoms with Crippen LogP contribution in [0.4, 0.5) is 0 Å². The molecule has 2 nitrogen and oxygen atoms in total. The van der Waals surface area contributed by atoms with E-state index in [-0.39, 0.29) is 0 Å². The van der Waals surface area contributed by atoms with Crippen molar-refractivity contribution in [1.29, 1.82) is 0 Å². The Hall–Kier alpha value is -1.83. The molecule has 0 N–H and O–H groups in total. The van der Waals surface area contributed by atoms with Gasteiger partial charge in [0.1, 0.15) is 0 Å². The summed E-state index contributed by atoms with van der Waals surface area (Å²) in [6.45, 7) is 2.02. The van der Waals surface area contributed by atoms with Gasteiger partial charge in [-0.25, -0.2) is 0 Å². The molecule has 2 heteroatoms. The lowest BCUT2D eigenvalue weighted by molar-refractivity contribution is 0.110. The third kappa shape index (κ3) is 1.46. The SMILES string of the molecule is Cc1cccc(-c2ccoc2C=O)c1. The van der Waals surface area contributed by atoms with Crippen molar-refractivity contribution in [3.05, 3.63) is 47.9 Å². The summed E-state index contributed by atoms with van der Waals surface area (Å²) in [6.07, 6.45) is 2.26. The molecule has 1 aromatic heterocycles. The van der Waals surface area contributed by atoms with Gasteiger partial charge in [-0.2, -0.15) is 0 Å². The van der Waals surface area contributed by atoms with E-state index < -0.39 is 0 Å². The highest BCUT2D eigenvalue weighted by atomic mass is 16.3. The first-order valence-corrected chi connectivity index (χ1v) is 4.41. The van der Waals surface area contributed by atoms with Gasteiger partial charge in [-0.15, -0.1) is 0 Å². The van der Waals surface area contributed by atoms with E-state index in [2.05, 4.69) is 0 Å². The Kier molecular flexibility index (Phi) is 2.19. The van der Waals surface area contributed by atoms with E-state index in [9.17, 15) is 4.79 Å². The lowest BCUT2D eigenvalue weighted by Gasteiger charge is -1.99. The minimum atomic E-state index is 0.385. The number of furan rings is 1. The van der Waals surface area contributed by atoms with Crippen molar-refractivity contribution in [2.75, 3.05) is 0 Å². The van der Waals surface area contributed by atoms with Crippen LogP contribution >= 0.6 is 0 Å². The molecular weight excluding hydrogens is 176 g/mol. The number of benzene rings is 1. The van der Waals surface area contributed by atoms with Crippen LogP contribution in [-0.4, -0.2) is 6.29 Å². The summed E-state index contributed by atoms with van der Waals surface area (Å²) < 4.78 is 5.04. The highest BCUT2D eigenvalue weighted by Gasteiger charge is 2.06. The number of hydrogen-bond acceptors (Lipinski definition) is 2. The van der Waals surface area contributed by atoms with Crippen LogP contribution < -0.4 is 0 Å². The lowest BCUT2D eigenvalue weighted by Crippen LogP contribution is -1.82. The summed E-state index contributed by atoms with van der Waals surface area (Å²) in [6, 6.07) is 9.78. The van der Waals surface area contributed by atoms with Crippen LogP contribution in [0.15, 0.2) is 41.0 Å². The van der Waals surface area contributed by atoms with E-state index in [1.807, 2.05) is 31.2 Å². The number of carbonyl (C=O) groups excluding carboxylic acids is 1. The summed E-state index contributed by atoms with van der Waals surface area (Å²) in [5, 5.41) is 0. The van der Waals surface area contributed by atoms with E-state index >= 15 is 0 Å². The van der Waals surface area contributed by atoms with Gasteiger partial charge < -0.3 is 4.42 Å². The van der Waals surface area contributed by atoms with Crippen LogP contribution in [0.1, 0.15) is 16.1 Å². The first kappa shape index (κ1) is 8.75. The minimum Gasteiger partial charge on any atom is -0.461 e. The Morgan fingerprint density at radius 3 is 2.86 bits per heavy atom. The van der Waals surface area contributed by atoms with Gasteiger partial charge in [-0.1, -0.05) is 29.8 Å². The Labute approximate surface area is 82.2 Å². The minimum absolute atomic E-state index is 0.385. The predicted octanol–water partition coefficient (Wildman–Crippen LogP) is 3.07. The van der Waals surface area contributed by atoms with Crippen molar-refractivity contribution in [3.63, 3.8) is 0 Å². The molecule has 0 saturated carbocycles. The average molecular weight is 186 g/mol. The molecule has 2 rings (SSSR count). The topological polar surface area (TPSA) is 30.2 Å². The van der Waals surface area contributed by atoms with E-state index in [4.69, 9.17) is 4.42 Å². The summed E-state index contributed by atoms with van der Waals surface area (Å²) in [5.41, 5.74) is 3.03. The maximum Gasteiger partial charge on any atom is 0.185 e. The van der Waals surface area contributed by atoms with E-state index in [0.29, 0.717) is 5.76 Å². The summed E-state index contributed by atoms with van der Waals surface area (Å²) >= 11 is 0. The molecule has 0 aliphatic carbocycles. The van der Waals surface area contributed by atoms with Gasteiger partial charge in [0.25, 0.3) is 0 Å². The molecule has 0 amide bonds. The number of aryl methyl sites for hydroxylation is 1. The van der Waals surface area contributed by atoms with Gasteiger partial charge in [0.15, 0.2) is 12.0 Å². The second-order valence-corrected chi connectivity index (χ2v) is 3.19. The van der Waals surface area contributed by atoms with Crippen LogP contribution in [0.5, 0.6) is 0 Å².